The summed E-state index contributed by atoms with van der Waals surface area (Å²) in [5.41, 5.74) is 4.06. The van der Waals surface area contributed by atoms with Gasteiger partial charge in [-0.1, -0.05) is 6.07 Å². The smallest absolute Gasteiger partial charge is 0.129 e. The molecule has 1 aliphatic heterocycles. The number of fused-ring (bicyclic) bond motifs is 1. The second-order valence-corrected chi connectivity index (χ2v) is 5.93. The Labute approximate surface area is 140 Å². The first-order valence-corrected chi connectivity index (χ1v) is 8.22. The standard InChI is InChI=1S/C18H20N4O2/c23-8-4-13-1-2-16-15(11-13)18(21-20-16)14-3-5-19-17(12-14)22-6-9-24-10-7-22/h1-3,5,11-12,23H,4,6-10H2,(H,20,21). The Morgan fingerprint density at radius 1 is 1.17 bits per heavy atom. The van der Waals surface area contributed by atoms with Crippen LogP contribution in [0.4, 0.5) is 5.82 Å². The fraction of sp³-hybridized carbons (Fsp3) is 0.333. The molecule has 6 nitrogen and oxygen atoms in total. The lowest BCUT2D eigenvalue weighted by molar-refractivity contribution is 0.122. The van der Waals surface area contributed by atoms with Crippen molar-refractivity contribution in [2.45, 2.75) is 6.42 Å². The molecular formula is C18H20N4O2. The molecule has 24 heavy (non-hydrogen) atoms. The van der Waals surface area contributed by atoms with Gasteiger partial charge in [0.2, 0.25) is 0 Å². The molecule has 0 aliphatic carbocycles. The molecule has 1 fully saturated rings. The van der Waals surface area contributed by atoms with Gasteiger partial charge in [0.15, 0.2) is 0 Å². The highest BCUT2D eigenvalue weighted by molar-refractivity contribution is 5.93. The van der Waals surface area contributed by atoms with Crippen LogP contribution < -0.4 is 4.90 Å². The SMILES string of the molecule is OCCc1ccc2[nH]nc(-c3ccnc(N4CCOCC4)c3)c2c1. The van der Waals surface area contributed by atoms with E-state index in [2.05, 4.69) is 32.2 Å². The Bertz CT molecular complexity index is 840. The van der Waals surface area contributed by atoms with Crippen molar-refractivity contribution in [1.82, 2.24) is 15.2 Å². The largest absolute Gasteiger partial charge is 0.396 e. The average molecular weight is 324 g/mol. The average Bonchev–Trinajstić information content (AvgIpc) is 3.06. The predicted octanol–water partition coefficient (Wildman–Crippen LogP) is 2.00. The third kappa shape index (κ3) is 2.86. The molecule has 0 radical (unpaired) electrons. The first kappa shape index (κ1) is 15.1. The number of ether oxygens (including phenoxy) is 1. The zero-order chi connectivity index (χ0) is 16.4. The highest BCUT2D eigenvalue weighted by Gasteiger charge is 2.15. The maximum absolute atomic E-state index is 9.16. The second-order valence-electron chi connectivity index (χ2n) is 5.93. The molecule has 0 atom stereocenters. The van der Waals surface area contributed by atoms with E-state index in [1.165, 1.54) is 0 Å². The van der Waals surface area contributed by atoms with E-state index in [-0.39, 0.29) is 6.61 Å². The number of pyridine rings is 1. The number of aromatic amines is 1. The molecule has 3 aromatic rings. The van der Waals surface area contributed by atoms with Gasteiger partial charge in [0.1, 0.15) is 11.5 Å². The Balaban J connectivity index is 1.72. The molecule has 0 bridgehead atoms. The molecule has 0 unspecified atom stereocenters. The summed E-state index contributed by atoms with van der Waals surface area (Å²) < 4.78 is 5.41. The first-order chi connectivity index (χ1) is 11.8. The van der Waals surface area contributed by atoms with Crippen LogP contribution in [0.5, 0.6) is 0 Å². The maximum atomic E-state index is 9.16. The number of nitrogens with zero attached hydrogens (tertiary/aromatic N) is 3. The minimum Gasteiger partial charge on any atom is -0.396 e. The van der Waals surface area contributed by atoms with Crippen LogP contribution in [0.25, 0.3) is 22.2 Å². The van der Waals surface area contributed by atoms with Crippen molar-refractivity contribution < 1.29 is 9.84 Å². The van der Waals surface area contributed by atoms with Gasteiger partial charge in [-0.2, -0.15) is 5.10 Å². The molecule has 4 rings (SSSR count). The van der Waals surface area contributed by atoms with Crippen molar-refractivity contribution in [1.29, 1.82) is 0 Å². The Morgan fingerprint density at radius 3 is 2.88 bits per heavy atom. The number of hydrogen-bond donors (Lipinski definition) is 2. The van der Waals surface area contributed by atoms with Crippen LogP contribution in [-0.2, 0) is 11.2 Å². The normalized spacial score (nSPS) is 15.1. The number of aliphatic hydroxyl groups excluding tert-OH is 1. The number of morpholine rings is 1. The highest BCUT2D eigenvalue weighted by Crippen LogP contribution is 2.29. The summed E-state index contributed by atoms with van der Waals surface area (Å²) in [6.07, 6.45) is 2.48. The molecule has 2 aromatic heterocycles. The molecule has 0 spiro atoms. The van der Waals surface area contributed by atoms with Crippen LogP contribution in [0.2, 0.25) is 0 Å². The molecule has 1 saturated heterocycles. The van der Waals surface area contributed by atoms with E-state index >= 15 is 0 Å². The van der Waals surface area contributed by atoms with Crippen molar-refractivity contribution in [3.8, 4) is 11.3 Å². The maximum Gasteiger partial charge on any atom is 0.129 e. The molecule has 2 N–H and O–H groups in total. The van der Waals surface area contributed by atoms with Crippen LogP contribution >= 0.6 is 0 Å². The van der Waals surface area contributed by atoms with E-state index in [0.717, 1.165) is 59.8 Å². The van der Waals surface area contributed by atoms with E-state index in [0.29, 0.717) is 6.42 Å². The summed E-state index contributed by atoms with van der Waals surface area (Å²) in [4.78, 5) is 6.73. The van der Waals surface area contributed by atoms with Crippen LogP contribution in [0.1, 0.15) is 5.56 Å². The van der Waals surface area contributed by atoms with Gasteiger partial charge in [0.05, 0.1) is 18.7 Å². The molecule has 1 aromatic carbocycles. The van der Waals surface area contributed by atoms with Crippen LogP contribution in [0, 0.1) is 0 Å². The molecule has 0 amide bonds. The Morgan fingerprint density at radius 2 is 2.04 bits per heavy atom. The first-order valence-electron chi connectivity index (χ1n) is 8.22. The second kappa shape index (κ2) is 6.59. The quantitative estimate of drug-likeness (QED) is 0.768. The lowest BCUT2D eigenvalue weighted by atomic mass is 10.0. The number of aliphatic hydroxyl groups is 1. The van der Waals surface area contributed by atoms with Gasteiger partial charge in [-0.15, -0.1) is 0 Å². The van der Waals surface area contributed by atoms with Crippen molar-refractivity contribution >= 4 is 16.7 Å². The van der Waals surface area contributed by atoms with E-state index in [1.54, 1.807) is 0 Å². The number of rotatable bonds is 4. The predicted molar refractivity (Wildman–Crippen MR) is 93.1 cm³/mol. The Kier molecular flexibility index (Phi) is 4.15. The van der Waals surface area contributed by atoms with Crippen molar-refractivity contribution in [2.24, 2.45) is 0 Å². The molecule has 1 aliphatic rings. The van der Waals surface area contributed by atoms with Crippen LogP contribution in [0.3, 0.4) is 0 Å². The van der Waals surface area contributed by atoms with Gasteiger partial charge < -0.3 is 14.7 Å². The number of aromatic nitrogens is 3. The van der Waals surface area contributed by atoms with Gasteiger partial charge >= 0.3 is 0 Å². The van der Waals surface area contributed by atoms with Gasteiger partial charge in [-0.3, -0.25) is 5.10 Å². The minimum atomic E-state index is 0.148. The zero-order valence-electron chi connectivity index (χ0n) is 13.4. The lowest BCUT2D eigenvalue weighted by Crippen LogP contribution is -2.36. The summed E-state index contributed by atoms with van der Waals surface area (Å²) in [6, 6.07) is 10.2. The van der Waals surface area contributed by atoms with Crippen molar-refractivity contribution in [3.05, 3.63) is 42.1 Å². The minimum absolute atomic E-state index is 0.148. The van der Waals surface area contributed by atoms with Gasteiger partial charge in [0, 0.05) is 36.8 Å². The molecule has 6 heteroatoms. The summed E-state index contributed by atoms with van der Waals surface area (Å²) in [5, 5.41) is 17.8. The fourth-order valence-electron chi connectivity index (χ4n) is 3.10. The van der Waals surface area contributed by atoms with E-state index in [1.807, 2.05) is 24.4 Å². The third-order valence-electron chi connectivity index (χ3n) is 4.38. The molecular weight excluding hydrogens is 304 g/mol. The van der Waals surface area contributed by atoms with Crippen LogP contribution in [-0.4, -0.2) is 53.2 Å². The lowest BCUT2D eigenvalue weighted by Gasteiger charge is -2.27. The van der Waals surface area contributed by atoms with Gasteiger partial charge in [0.25, 0.3) is 0 Å². The van der Waals surface area contributed by atoms with E-state index < -0.39 is 0 Å². The fourth-order valence-corrected chi connectivity index (χ4v) is 3.10. The third-order valence-corrected chi connectivity index (χ3v) is 4.38. The number of H-pyrrole nitrogens is 1. The number of benzene rings is 1. The zero-order valence-corrected chi connectivity index (χ0v) is 13.4. The van der Waals surface area contributed by atoms with Crippen molar-refractivity contribution in [3.63, 3.8) is 0 Å². The summed E-state index contributed by atoms with van der Waals surface area (Å²) in [7, 11) is 0. The topological polar surface area (TPSA) is 74.3 Å². The molecule has 3 heterocycles. The number of nitrogens with one attached hydrogen (secondary N) is 1. The van der Waals surface area contributed by atoms with E-state index in [9.17, 15) is 0 Å². The van der Waals surface area contributed by atoms with Crippen LogP contribution in [0.15, 0.2) is 36.5 Å². The van der Waals surface area contributed by atoms with Gasteiger partial charge in [-0.05, 0) is 36.2 Å². The van der Waals surface area contributed by atoms with E-state index in [4.69, 9.17) is 9.84 Å². The molecule has 124 valence electrons. The highest BCUT2D eigenvalue weighted by atomic mass is 16.5. The summed E-state index contributed by atoms with van der Waals surface area (Å²) in [6.45, 7) is 3.34. The monoisotopic (exact) mass is 324 g/mol. The summed E-state index contributed by atoms with van der Waals surface area (Å²) >= 11 is 0. The molecule has 0 saturated carbocycles. The number of hydrogen-bond acceptors (Lipinski definition) is 5. The Hall–Kier alpha value is -2.44. The van der Waals surface area contributed by atoms with Gasteiger partial charge in [-0.25, -0.2) is 4.98 Å². The van der Waals surface area contributed by atoms with Crippen molar-refractivity contribution in [2.75, 3.05) is 37.8 Å². The number of anilines is 1. The summed E-state index contributed by atoms with van der Waals surface area (Å²) in [5.74, 6) is 0.957.